The molecule has 24 heavy (non-hydrogen) atoms. The predicted molar refractivity (Wildman–Crippen MR) is 90.6 cm³/mol. The molecule has 0 aromatic heterocycles. The molecule has 0 unspecified atom stereocenters. The summed E-state index contributed by atoms with van der Waals surface area (Å²) >= 11 is 0. The van der Waals surface area contributed by atoms with Crippen LogP contribution in [-0.4, -0.2) is 36.9 Å². The molecule has 1 rings (SSSR count). The maximum absolute atomic E-state index is 12.2. The van der Waals surface area contributed by atoms with E-state index in [9.17, 15) is 9.59 Å². The molecule has 0 aliphatic carbocycles. The molecule has 0 aliphatic rings. The first-order chi connectivity index (χ1) is 11.1. The Hall–Kier alpha value is -2.08. The Kier molecular flexibility index (Phi) is 7.22. The fourth-order valence-corrected chi connectivity index (χ4v) is 2.13. The third-order valence-electron chi connectivity index (χ3n) is 3.20. The molecule has 0 aliphatic heterocycles. The van der Waals surface area contributed by atoms with Gasteiger partial charge in [-0.3, -0.25) is 0 Å². The zero-order chi connectivity index (χ0) is 18.3. The van der Waals surface area contributed by atoms with E-state index >= 15 is 0 Å². The summed E-state index contributed by atoms with van der Waals surface area (Å²) in [5, 5.41) is 2.46. The predicted octanol–water partition coefficient (Wildman–Crippen LogP) is 3.22. The molecule has 1 aromatic carbocycles. The van der Waals surface area contributed by atoms with Crippen LogP contribution in [0, 0.1) is 0 Å². The van der Waals surface area contributed by atoms with E-state index in [1.165, 1.54) is 0 Å². The van der Waals surface area contributed by atoms with Crippen LogP contribution in [0.3, 0.4) is 0 Å². The van der Waals surface area contributed by atoms with Gasteiger partial charge in [0.2, 0.25) is 0 Å². The largest absolute Gasteiger partial charge is 0.458 e. The van der Waals surface area contributed by atoms with Crippen molar-refractivity contribution in [1.82, 2.24) is 5.32 Å². The lowest BCUT2D eigenvalue weighted by Gasteiger charge is -2.25. The maximum atomic E-state index is 12.2. The van der Waals surface area contributed by atoms with E-state index in [0.717, 1.165) is 5.56 Å². The smallest absolute Gasteiger partial charge is 0.408 e. The Morgan fingerprint density at radius 3 is 2.17 bits per heavy atom. The Morgan fingerprint density at radius 2 is 1.67 bits per heavy atom. The SMILES string of the molecule is CO[C@H](c1ccccc1)[C@H](C)OC(=O)[C@H](C)NC(=O)OC(C)(C)C. The summed E-state index contributed by atoms with van der Waals surface area (Å²) in [4.78, 5) is 23.9. The number of nitrogens with one attached hydrogen (secondary N) is 1. The molecule has 6 nitrogen and oxygen atoms in total. The van der Waals surface area contributed by atoms with E-state index in [0.29, 0.717) is 0 Å². The second-order valence-electron chi connectivity index (χ2n) is 6.58. The van der Waals surface area contributed by atoms with Gasteiger partial charge in [-0.1, -0.05) is 30.3 Å². The molecule has 0 fully saturated rings. The van der Waals surface area contributed by atoms with Crippen LogP contribution in [0.1, 0.15) is 46.3 Å². The number of carbonyl (C=O) groups is 2. The fourth-order valence-electron chi connectivity index (χ4n) is 2.13. The summed E-state index contributed by atoms with van der Waals surface area (Å²) in [5.41, 5.74) is 0.281. The lowest BCUT2D eigenvalue weighted by atomic mass is 10.1. The normalized spacial score (nSPS) is 15.1. The number of esters is 1. The van der Waals surface area contributed by atoms with Crippen LogP contribution in [-0.2, 0) is 19.0 Å². The van der Waals surface area contributed by atoms with Gasteiger partial charge in [0.1, 0.15) is 23.9 Å². The average Bonchev–Trinajstić information content (AvgIpc) is 2.46. The first kappa shape index (κ1) is 20.0. The molecule has 0 saturated carbocycles. The minimum absolute atomic E-state index is 0.385. The van der Waals surface area contributed by atoms with Crippen molar-refractivity contribution in [1.29, 1.82) is 0 Å². The van der Waals surface area contributed by atoms with Crippen LogP contribution in [0.2, 0.25) is 0 Å². The van der Waals surface area contributed by atoms with Gasteiger partial charge in [-0.15, -0.1) is 0 Å². The Morgan fingerprint density at radius 1 is 1.08 bits per heavy atom. The molecule has 0 bridgehead atoms. The molecular weight excluding hydrogens is 310 g/mol. The van der Waals surface area contributed by atoms with E-state index < -0.39 is 29.8 Å². The van der Waals surface area contributed by atoms with Crippen molar-refractivity contribution in [2.45, 2.75) is 58.5 Å². The number of methoxy groups -OCH3 is 1. The fraction of sp³-hybridized carbons (Fsp3) is 0.556. The molecule has 0 saturated heterocycles. The van der Waals surface area contributed by atoms with E-state index in [1.54, 1.807) is 41.7 Å². The van der Waals surface area contributed by atoms with Gasteiger partial charge in [-0.2, -0.15) is 0 Å². The third-order valence-corrected chi connectivity index (χ3v) is 3.20. The number of ether oxygens (including phenoxy) is 3. The van der Waals surface area contributed by atoms with Gasteiger partial charge in [-0.05, 0) is 40.2 Å². The topological polar surface area (TPSA) is 73.9 Å². The summed E-state index contributed by atoms with van der Waals surface area (Å²) in [6.45, 7) is 8.55. The minimum Gasteiger partial charge on any atom is -0.458 e. The zero-order valence-corrected chi connectivity index (χ0v) is 15.2. The number of rotatable bonds is 6. The molecule has 134 valence electrons. The van der Waals surface area contributed by atoms with Gasteiger partial charge in [0.15, 0.2) is 0 Å². The van der Waals surface area contributed by atoms with Gasteiger partial charge in [-0.25, -0.2) is 9.59 Å². The Balaban J connectivity index is 2.60. The molecule has 1 N–H and O–H groups in total. The summed E-state index contributed by atoms with van der Waals surface area (Å²) in [6, 6.07) is 8.67. The molecule has 6 heteroatoms. The highest BCUT2D eigenvalue weighted by atomic mass is 16.6. The second kappa shape index (κ2) is 8.68. The van der Waals surface area contributed by atoms with Crippen molar-refractivity contribution in [2.75, 3.05) is 7.11 Å². The number of hydrogen-bond acceptors (Lipinski definition) is 5. The third kappa shape index (κ3) is 6.58. The van der Waals surface area contributed by atoms with E-state index in [4.69, 9.17) is 14.2 Å². The van der Waals surface area contributed by atoms with E-state index in [2.05, 4.69) is 5.32 Å². The standard InChI is InChI=1S/C18H27NO5/c1-12(19-17(21)24-18(3,4)5)16(20)23-13(2)15(22-6)14-10-8-7-9-11-14/h7-13,15H,1-6H3,(H,19,21)/t12-,13-,15-/m0/s1. The van der Waals surface area contributed by atoms with E-state index in [-0.39, 0.29) is 6.10 Å². The Labute approximate surface area is 143 Å². The van der Waals surface area contributed by atoms with Crippen LogP contribution in [0.25, 0.3) is 0 Å². The maximum Gasteiger partial charge on any atom is 0.408 e. The van der Waals surface area contributed by atoms with Gasteiger partial charge >= 0.3 is 12.1 Å². The summed E-state index contributed by atoms with van der Waals surface area (Å²) in [7, 11) is 1.56. The number of benzene rings is 1. The van der Waals surface area contributed by atoms with Crippen LogP contribution in [0.4, 0.5) is 4.79 Å². The first-order valence-electron chi connectivity index (χ1n) is 7.92. The molecule has 3 atom stereocenters. The Bertz CT molecular complexity index is 538. The average molecular weight is 337 g/mol. The van der Waals surface area contributed by atoms with Crippen molar-refractivity contribution in [3.63, 3.8) is 0 Å². The van der Waals surface area contributed by atoms with Crippen molar-refractivity contribution >= 4 is 12.1 Å². The molecule has 0 heterocycles. The van der Waals surface area contributed by atoms with Crippen LogP contribution in [0.5, 0.6) is 0 Å². The minimum atomic E-state index is -0.824. The first-order valence-corrected chi connectivity index (χ1v) is 7.92. The van der Waals surface area contributed by atoms with Crippen molar-refractivity contribution < 1.29 is 23.8 Å². The van der Waals surface area contributed by atoms with Crippen molar-refractivity contribution in [3.05, 3.63) is 35.9 Å². The van der Waals surface area contributed by atoms with Gasteiger partial charge in [0, 0.05) is 7.11 Å². The molecule has 1 amide bonds. The quantitative estimate of drug-likeness (QED) is 0.807. The second-order valence-corrected chi connectivity index (χ2v) is 6.58. The summed E-state index contributed by atoms with van der Waals surface area (Å²) in [5.74, 6) is -0.550. The number of hydrogen-bond donors (Lipinski definition) is 1. The van der Waals surface area contributed by atoms with Crippen LogP contribution < -0.4 is 5.32 Å². The van der Waals surface area contributed by atoms with Gasteiger partial charge < -0.3 is 19.5 Å². The highest BCUT2D eigenvalue weighted by Gasteiger charge is 2.27. The van der Waals surface area contributed by atoms with Crippen molar-refractivity contribution in [3.8, 4) is 0 Å². The van der Waals surface area contributed by atoms with E-state index in [1.807, 2.05) is 30.3 Å². The number of carbonyl (C=O) groups excluding carboxylic acids is 2. The molecule has 0 spiro atoms. The lowest BCUT2D eigenvalue weighted by Crippen LogP contribution is -2.43. The highest BCUT2D eigenvalue weighted by molar-refractivity contribution is 5.81. The monoisotopic (exact) mass is 337 g/mol. The van der Waals surface area contributed by atoms with Crippen LogP contribution >= 0.6 is 0 Å². The molecular formula is C18H27NO5. The van der Waals surface area contributed by atoms with Crippen LogP contribution in [0.15, 0.2) is 30.3 Å². The summed E-state index contributed by atoms with van der Waals surface area (Å²) < 4.78 is 16.0. The zero-order valence-electron chi connectivity index (χ0n) is 15.2. The molecule has 0 radical (unpaired) electrons. The number of alkyl carbamates (subject to hydrolysis) is 1. The van der Waals surface area contributed by atoms with Gasteiger partial charge in [0.05, 0.1) is 0 Å². The summed E-state index contributed by atoms with van der Waals surface area (Å²) in [6.07, 6.45) is -1.55. The lowest BCUT2D eigenvalue weighted by molar-refractivity contribution is -0.157. The number of amides is 1. The molecule has 1 aromatic rings. The van der Waals surface area contributed by atoms with Gasteiger partial charge in [0.25, 0.3) is 0 Å². The van der Waals surface area contributed by atoms with Crippen molar-refractivity contribution in [2.24, 2.45) is 0 Å². The highest BCUT2D eigenvalue weighted by Crippen LogP contribution is 2.22.